The first-order chi connectivity index (χ1) is 9.36. The monoisotopic (exact) mass is 281 g/mol. The average Bonchev–Trinajstić information content (AvgIpc) is 2.41. The van der Waals surface area contributed by atoms with E-state index in [-0.39, 0.29) is 18.2 Å². The molecule has 0 saturated heterocycles. The zero-order valence-corrected chi connectivity index (χ0v) is 12.0. The molecule has 0 spiro atoms. The smallest absolute Gasteiger partial charge is 0.294 e. The van der Waals surface area contributed by atoms with Gasteiger partial charge in [0.05, 0.1) is 6.61 Å². The van der Waals surface area contributed by atoms with Crippen LogP contribution in [0.25, 0.3) is 0 Å². The molecule has 1 aliphatic carbocycles. The minimum atomic E-state index is -0.813. The van der Waals surface area contributed by atoms with E-state index in [1.54, 1.807) is 20.8 Å². The van der Waals surface area contributed by atoms with Crippen LogP contribution < -0.4 is 0 Å². The molecular formula is C14H19NO5. The fourth-order valence-corrected chi connectivity index (χ4v) is 2.18. The van der Waals surface area contributed by atoms with E-state index in [9.17, 15) is 19.7 Å². The molecular weight excluding hydrogens is 262 g/mol. The third kappa shape index (κ3) is 3.76. The van der Waals surface area contributed by atoms with Crippen LogP contribution in [0.2, 0.25) is 0 Å². The van der Waals surface area contributed by atoms with Crippen molar-refractivity contribution < 1.29 is 19.5 Å². The van der Waals surface area contributed by atoms with Crippen LogP contribution in [-0.4, -0.2) is 23.3 Å². The molecule has 0 saturated carbocycles. The van der Waals surface area contributed by atoms with Crippen molar-refractivity contribution in [2.75, 3.05) is 6.61 Å². The van der Waals surface area contributed by atoms with Gasteiger partial charge in [-0.05, 0) is 40.0 Å². The Kier molecular flexibility index (Phi) is 5.61. The molecule has 6 nitrogen and oxygen atoms in total. The summed E-state index contributed by atoms with van der Waals surface area (Å²) in [6, 6.07) is 0. The molecule has 20 heavy (non-hydrogen) atoms. The first kappa shape index (κ1) is 16.1. The average molecular weight is 281 g/mol. The van der Waals surface area contributed by atoms with Gasteiger partial charge in [0.2, 0.25) is 0 Å². The molecule has 1 aliphatic rings. The molecule has 0 amide bonds. The van der Waals surface area contributed by atoms with Gasteiger partial charge in [-0.1, -0.05) is 6.42 Å². The molecule has 110 valence electrons. The first-order valence-corrected chi connectivity index (χ1v) is 6.60. The number of Topliss-reactive ketones (excluding diaryl/α,β-unsaturated/α-hetero) is 2. The first-order valence-electron chi connectivity index (χ1n) is 6.60. The number of nitrogens with zero attached hydrogens (tertiary/aromatic N) is 1. The summed E-state index contributed by atoms with van der Waals surface area (Å²) in [6.45, 7) is 5.09. The molecule has 0 aromatic rings. The third-order valence-corrected chi connectivity index (χ3v) is 3.58. The van der Waals surface area contributed by atoms with Crippen molar-refractivity contribution in [2.45, 2.75) is 46.5 Å². The van der Waals surface area contributed by atoms with Crippen molar-refractivity contribution in [2.24, 2.45) is 0 Å². The largest absolute Gasteiger partial charge is 0.314 e. The quantitative estimate of drug-likeness (QED) is 0.310. The lowest BCUT2D eigenvalue weighted by Crippen LogP contribution is -2.20. The van der Waals surface area contributed by atoms with Crippen LogP contribution in [-0.2, 0) is 14.4 Å². The fraction of sp³-hybridized carbons (Fsp3) is 0.571. The van der Waals surface area contributed by atoms with Crippen LogP contribution in [0.5, 0.6) is 0 Å². The molecule has 0 atom stereocenters. The third-order valence-electron chi connectivity index (χ3n) is 3.58. The molecule has 0 radical (unpaired) electrons. The van der Waals surface area contributed by atoms with E-state index in [1.165, 1.54) is 0 Å². The van der Waals surface area contributed by atoms with Gasteiger partial charge < -0.3 is 4.84 Å². The molecule has 0 N–H and O–H groups in total. The molecule has 0 bridgehead atoms. The van der Waals surface area contributed by atoms with Crippen molar-refractivity contribution in [1.82, 2.24) is 0 Å². The highest BCUT2D eigenvalue weighted by molar-refractivity contribution is 6.24. The van der Waals surface area contributed by atoms with Crippen LogP contribution in [0.3, 0.4) is 0 Å². The fourth-order valence-electron chi connectivity index (χ4n) is 2.18. The summed E-state index contributed by atoms with van der Waals surface area (Å²) in [5, 5.41) is 9.14. The zero-order valence-electron chi connectivity index (χ0n) is 12.0. The van der Waals surface area contributed by atoms with Crippen molar-refractivity contribution in [1.29, 1.82) is 0 Å². The number of carbonyl (C=O) groups excluding carboxylic acids is 2. The molecule has 0 heterocycles. The Bertz CT molecular complexity index is 502. The van der Waals surface area contributed by atoms with E-state index in [1.807, 2.05) is 0 Å². The van der Waals surface area contributed by atoms with E-state index >= 15 is 0 Å². The van der Waals surface area contributed by atoms with E-state index in [0.717, 1.165) is 0 Å². The number of hydrogen-bond donors (Lipinski definition) is 0. The maximum atomic E-state index is 12.1. The van der Waals surface area contributed by atoms with Crippen molar-refractivity contribution in [3.05, 3.63) is 32.4 Å². The minimum absolute atomic E-state index is 0.0545. The summed E-state index contributed by atoms with van der Waals surface area (Å²) in [6.07, 6.45) is 2.51. The summed E-state index contributed by atoms with van der Waals surface area (Å²) in [5.41, 5.74) is 2.15. The molecule has 0 aliphatic heterocycles. The Labute approximate surface area is 117 Å². The van der Waals surface area contributed by atoms with Gasteiger partial charge in [-0.2, -0.15) is 0 Å². The molecule has 6 heteroatoms. The summed E-state index contributed by atoms with van der Waals surface area (Å²) in [7, 11) is 0. The second-order valence-electron chi connectivity index (χ2n) is 4.88. The van der Waals surface area contributed by atoms with E-state index in [4.69, 9.17) is 0 Å². The SMILES string of the molecule is CC1=C(C)C(=O)C(CCCCCO[N+](=O)[O-])=C(C)C1=O. The minimum Gasteiger partial charge on any atom is -0.314 e. The highest BCUT2D eigenvalue weighted by atomic mass is 16.9. The Morgan fingerprint density at radius 2 is 1.55 bits per heavy atom. The zero-order chi connectivity index (χ0) is 15.3. The Morgan fingerprint density at radius 3 is 2.15 bits per heavy atom. The van der Waals surface area contributed by atoms with Crippen LogP contribution >= 0.6 is 0 Å². The summed E-state index contributed by atoms with van der Waals surface area (Å²) >= 11 is 0. The van der Waals surface area contributed by atoms with E-state index < -0.39 is 5.09 Å². The number of unbranched alkanes of at least 4 members (excludes halogenated alkanes) is 2. The molecule has 0 fully saturated rings. The Hall–Kier alpha value is -1.98. The van der Waals surface area contributed by atoms with Gasteiger partial charge in [0.1, 0.15) is 0 Å². The summed E-state index contributed by atoms with van der Waals surface area (Å²) < 4.78 is 0. The highest BCUT2D eigenvalue weighted by Gasteiger charge is 2.26. The molecule has 0 aromatic carbocycles. The van der Waals surface area contributed by atoms with Gasteiger partial charge in [0.25, 0.3) is 5.09 Å². The molecule has 0 unspecified atom stereocenters. The van der Waals surface area contributed by atoms with Gasteiger partial charge in [0.15, 0.2) is 11.6 Å². The lowest BCUT2D eigenvalue weighted by Gasteiger charge is -2.18. The Balaban J connectivity index is 2.49. The molecule has 0 aromatic heterocycles. The lowest BCUT2D eigenvalue weighted by atomic mass is 9.84. The van der Waals surface area contributed by atoms with E-state index in [0.29, 0.717) is 48.0 Å². The number of ketones is 2. The topological polar surface area (TPSA) is 86.5 Å². The second-order valence-corrected chi connectivity index (χ2v) is 4.88. The normalized spacial score (nSPS) is 15.9. The lowest BCUT2D eigenvalue weighted by molar-refractivity contribution is -0.757. The van der Waals surface area contributed by atoms with Gasteiger partial charge in [-0.15, -0.1) is 10.1 Å². The maximum Gasteiger partial charge on any atom is 0.294 e. The van der Waals surface area contributed by atoms with Gasteiger partial charge >= 0.3 is 0 Å². The van der Waals surface area contributed by atoms with Crippen molar-refractivity contribution >= 4 is 11.6 Å². The molecule has 1 rings (SSSR count). The Morgan fingerprint density at radius 1 is 0.950 bits per heavy atom. The number of rotatable bonds is 7. The standard InChI is InChI=1S/C14H19NO5/c1-9-10(2)14(17)12(11(3)13(9)16)7-5-4-6-8-20-15(18)19/h4-8H2,1-3H3. The number of carbonyl (C=O) groups is 2. The van der Waals surface area contributed by atoms with Crippen molar-refractivity contribution in [3.8, 4) is 0 Å². The van der Waals surface area contributed by atoms with Gasteiger partial charge in [0, 0.05) is 22.3 Å². The predicted octanol–water partition coefficient (Wildman–Crippen LogP) is 2.56. The van der Waals surface area contributed by atoms with Gasteiger partial charge in [-0.25, -0.2) is 0 Å². The van der Waals surface area contributed by atoms with Crippen molar-refractivity contribution in [3.63, 3.8) is 0 Å². The van der Waals surface area contributed by atoms with Crippen LogP contribution in [0.1, 0.15) is 46.5 Å². The van der Waals surface area contributed by atoms with Crippen LogP contribution in [0, 0.1) is 10.1 Å². The van der Waals surface area contributed by atoms with Crippen LogP contribution in [0.15, 0.2) is 22.3 Å². The second kappa shape index (κ2) is 6.98. The number of allylic oxidation sites excluding steroid dienone is 4. The predicted molar refractivity (Wildman–Crippen MR) is 72.5 cm³/mol. The highest BCUT2D eigenvalue weighted by Crippen LogP contribution is 2.27. The number of hydrogen-bond acceptors (Lipinski definition) is 5. The van der Waals surface area contributed by atoms with Gasteiger partial charge in [-0.3, -0.25) is 9.59 Å². The maximum absolute atomic E-state index is 12.1. The summed E-state index contributed by atoms with van der Waals surface area (Å²) in [5.74, 6) is -0.116. The summed E-state index contributed by atoms with van der Waals surface area (Å²) in [4.78, 5) is 38.2. The van der Waals surface area contributed by atoms with E-state index in [2.05, 4.69) is 4.84 Å². The van der Waals surface area contributed by atoms with Crippen LogP contribution in [0.4, 0.5) is 0 Å².